The second-order valence-corrected chi connectivity index (χ2v) is 11.9. The largest absolute Gasteiger partial charge is 0.406 e. The first kappa shape index (κ1) is 27.0. The minimum absolute atomic E-state index is 0.0232. The Bertz CT molecular complexity index is 1560. The van der Waals surface area contributed by atoms with Crippen molar-refractivity contribution in [2.75, 3.05) is 37.0 Å². The van der Waals surface area contributed by atoms with Crippen LogP contribution in [0.5, 0.6) is 0 Å². The average molecular weight is 563 g/mol. The number of nitrogens with zero attached hydrogens (tertiary/aromatic N) is 4. The molecule has 0 aliphatic carbocycles. The Balaban J connectivity index is 1.41. The van der Waals surface area contributed by atoms with Gasteiger partial charge in [0.2, 0.25) is 0 Å². The van der Waals surface area contributed by atoms with E-state index in [0.717, 1.165) is 42.4 Å². The van der Waals surface area contributed by atoms with Crippen LogP contribution in [0.25, 0.3) is 22.5 Å². The summed E-state index contributed by atoms with van der Waals surface area (Å²) in [7, 11) is -1.24. The van der Waals surface area contributed by atoms with E-state index in [2.05, 4.69) is 32.7 Å². The highest BCUT2D eigenvalue weighted by Crippen LogP contribution is 2.35. The molecule has 0 saturated carbocycles. The van der Waals surface area contributed by atoms with Crippen LogP contribution in [-0.4, -0.2) is 66.6 Å². The van der Waals surface area contributed by atoms with Crippen molar-refractivity contribution in [3.05, 3.63) is 54.4 Å². The maximum Gasteiger partial charge on any atom is 0.406 e. The molecule has 0 atom stereocenters. The van der Waals surface area contributed by atoms with E-state index in [1.54, 1.807) is 30.3 Å². The van der Waals surface area contributed by atoms with Gasteiger partial charge in [-0.05, 0) is 75.4 Å². The standard InChI is InChI=1S/C26H29F3N6O3S/c1-34-12-10-18(11-13-34)31-21-4-3-5-22-20(21)14-23(35(22)16-26(27,28)29)25-32-24(33-38-25)15-30-17-6-8-19(9-7-17)39(2,36)37/h3-9,14,18,30-31H,10-13,15-16H2,1-2H3. The summed E-state index contributed by atoms with van der Waals surface area (Å²) in [5, 5.41) is 11.2. The molecule has 1 fully saturated rings. The number of aromatic nitrogens is 3. The van der Waals surface area contributed by atoms with E-state index in [4.69, 9.17) is 4.52 Å². The predicted octanol–water partition coefficient (Wildman–Crippen LogP) is 4.78. The smallest absolute Gasteiger partial charge is 0.382 e. The monoisotopic (exact) mass is 562 g/mol. The van der Waals surface area contributed by atoms with Gasteiger partial charge in [0.1, 0.15) is 12.2 Å². The van der Waals surface area contributed by atoms with Crippen molar-refractivity contribution in [2.45, 2.75) is 43.0 Å². The average Bonchev–Trinajstić information content (AvgIpc) is 3.48. The van der Waals surface area contributed by atoms with Gasteiger partial charge in [-0.2, -0.15) is 18.2 Å². The zero-order valence-electron chi connectivity index (χ0n) is 21.5. The third-order valence-corrected chi connectivity index (χ3v) is 7.91. The fourth-order valence-corrected chi connectivity index (χ4v) is 5.37. The molecule has 208 valence electrons. The topological polar surface area (TPSA) is 105 Å². The molecule has 1 aliphatic rings. The first-order chi connectivity index (χ1) is 18.5. The van der Waals surface area contributed by atoms with Crippen LogP contribution in [0.3, 0.4) is 0 Å². The number of anilines is 2. The molecule has 39 heavy (non-hydrogen) atoms. The van der Waals surface area contributed by atoms with Gasteiger partial charge in [-0.3, -0.25) is 0 Å². The summed E-state index contributed by atoms with van der Waals surface area (Å²) in [5.41, 5.74) is 1.99. The molecule has 0 amide bonds. The van der Waals surface area contributed by atoms with Crippen molar-refractivity contribution < 1.29 is 26.1 Å². The van der Waals surface area contributed by atoms with Gasteiger partial charge in [0, 0.05) is 29.1 Å². The summed E-state index contributed by atoms with van der Waals surface area (Å²) in [6.07, 6.45) is -1.44. The number of likely N-dealkylation sites (tertiary alicyclic amines) is 1. The van der Waals surface area contributed by atoms with Gasteiger partial charge in [-0.1, -0.05) is 11.2 Å². The molecule has 3 heterocycles. The van der Waals surface area contributed by atoms with Gasteiger partial charge < -0.3 is 24.6 Å². The molecule has 0 spiro atoms. The third kappa shape index (κ3) is 6.36. The van der Waals surface area contributed by atoms with E-state index < -0.39 is 22.6 Å². The molecule has 5 rings (SSSR count). The lowest BCUT2D eigenvalue weighted by Crippen LogP contribution is -2.36. The van der Waals surface area contributed by atoms with Crippen molar-refractivity contribution in [1.82, 2.24) is 19.6 Å². The summed E-state index contributed by atoms with van der Waals surface area (Å²) in [6.45, 7) is 0.833. The molecule has 9 nitrogen and oxygen atoms in total. The Morgan fingerprint density at radius 1 is 1.10 bits per heavy atom. The molecule has 2 N–H and O–H groups in total. The molecule has 13 heteroatoms. The fraction of sp³-hybridized carbons (Fsp3) is 0.385. The summed E-state index contributed by atoms with van der Waals surface area (Å²) in [4.78, 5) is 6.79. The zero-order chi connectivity index (χ0) is 27.8. The highest BCUT2D eigenvalue weighted by Gasteiger charge is 2.31. The highest BCUT2D eigenvalue weighted by atomic mass is 32.2. The molecule has 2 aromatic carbocycles. The number of rotatable bonds is 8. The van der Waals surface area contributed by atoms with Gasteiger partial charge in [0.25, 0.3) is 5.89 Å². The summed E-state index contributed by atoms with van der Waals surface area (Å²) in [6, 6.07) is 13.3. The number of fused-ring (bicyclic) bond motifs is 1. The SMILES string of the molecule is CN1CCC(Nc2cccc3c2cc(-c2nc(CNc4ccc(S(C)(=O)=O)cc4)no2)n3CC(F)(F)F)CC1. The number of piperidine rings is 1. The third-order valence-electron chi connectivity index (χ3n) is 6.78. The fourth-order valence-electron chi connectivity index (χ4n) is 4.74. The van der Waals surface area contributed by atoms with E-state index in [1.165, 1.54) is 12.1 Å². The number of halogens is 3. The van der Waals surface area contributed by atoms with Crippen LogP contribution in [-0.2, 0) is 22.9 Å². The molecular weight excluding hydrogens is 533 g/mol. The lowest BCUT2D eigenvalue weighted by Gasteiger charge is -2.30. The van der Waals surface area contributed by atoms with Crippen molar-refractivity contribution in [2.24, 2.45) is 0 Å². The first-order valence-electron chi connectivity index (χ1n) is 12.5. The highest BCUT2D eigenvalue weighted by molar-refractivity contribution is 7.90. The lowest BCUT2D eigenvalue weighted by molar-refractivity contribution is -0.139. The first-order valence-corrected chi connectivity index (χ1v) is 14.4. The number of sulfone groups is 1. The number of hydrogen-bond donors (Lipinski definition) is 2. The number of benzene rings is 2. The number of alkyl halides is 3. The second kappa shape index (κ2) is 10.5. The van der Waals surface area contributed by atoms with E-state index >= 15 is 0 Å². The normalized spacial score (nSPS) is 15.6. The van der Waals surface area contributed by atoms with Gasteiger partial charge in [-0.15, -0.1) is 0 Å². The van der Waals surface area contributed by atoms with Crippen LogP contribution in [0.15, 0.2) is 57.9 Å². The summed E-state index contributed by atoms with van der Waals surface area (Å²) >= 11 is 0. The number of hydrogen-bond acceptors (Lipinski definition) is 8. The van der Waals surface area contributed by atoms with Crippen LogP contribution in [0.1, 0.15) is 18.7 Å². The molecule has 4 aromatic rings. The van der Waals surface area contributed by atoms with E-state index in [9.17, 15) is 21.6 Å². The van der Waals surface area contributed by atoms with Gasteiger partial charge in [-0.25, -0.2) is 8.42 Å². The summed E-state index contributed by atoms with van der Waals surface area (Å²) in [5.74, 6) is 0.218. The lowest BCUT2D eigenvalue weighted by atomic mass is 10.0. The zero-order valence-corrected chi connectivity index (χ0v) is 22.3. The molecular formula is C26H29F3N6O3S. The van der Waals surface area contributed by atoms with Crippen LogP contribution < -0.4 is 10.6 Å². The van der Waals surface area contributed by atoms with Crippen molar-refractivity contribution in [3.63, 3.8) is 0 Å². The minimum atomic E-state index is -4.46. The van der Waals surface area contributed by atoms with Gasteiger partial charge in [0.15, 0.2) is 15.7 Å². The Morgan fingerprint density at radius 3 is 2.49 bits per heavy atom. The van der Waals surface area contributed by atoms with Crippen LogP contribution >= 0.6 is 0 Å². The van der Waals surface area contributed by atoms with E-state index in [0.29, 0.717) is 16.6 Å². The van der Waals surface area contributed by atoms with Crippen LogP contribution in [0, 0.1) is 0 Å². The second-order valence-electron chi connectivity index (χ2n) is 9.86. The molecule has 1 saturated heterocycles. The van der Waals surface area contributed by atoms with E-state index in [-0.39, 0.29) is 34.9 Å². The Hall–Kier alpha value is -3.58. The molecule has 0 bridgehead atoms. The van der Waals surface area contributed by atoms with Crippen LogP contribution in [0.4, 0.5) is 24.5 Å². The predicted molar refractivity (Wildman–Crippen MR) is 142 cm³/mol. The maximum atomic E-state index is 13.6. The Kier molecular flexibility index (Phi) is 7.29. The number of nitrogens with one attached hydrogen (secondary N) is 2. The van der Waals surface area contributed by atoms with Crippen molar-refractivity contribution >= 4 is 32.1 Å². The van der Waals surface area contributed by atoms with E-state index in [1.807, 2.05) is 6.07 Å². The molecule has 0 unspecified atom stereocenters. The Labute approximate surface area is 223 Å². The van der Waals surface area contributed by atoms with Gasteiger partial charge >= 0.3 is 6.18 Å². The maximum absolute atomic E-state index is 13.6. The van der Waals surface area contributed by atoms with Crippen molar-refractivity contribution in [3.8, 4) is 11.6 Å². The quantitative estimate of drug-likeness (QED) is 0.316. The molecule has 1 aliphatic heterocycles. The molecule has 2 aromatic heterocycles. The van der Waals surface area contributed by atoms with Crippen LogP contribution in [0.2, 0.25) is 0 Å². The summed E-state index contributed by atoms with van der Waals surface area (Å²) < 4.78 is 70.7. The van der Waals surface area contributed by atoms with Gasteiger partial charge in [0.05, 0.1) is 17.0 Å². The van der Waals surface area contributed by atoms with Crippen molar-refractivity contribution in [1.29, 1.82) is 0 Å². The molecule has 0 radical (unpaired) electrons. The minimum Gasteiger partial charge on any atom is -0.382 e. The Morgan fingerprint density at radius 2 is 1.82 bits per heavy atom.